The van der Waals surface area contributed by atoms with Crippen LogP contribution in [0.5, 0.6) is 0 Å². The Kier molecular flexibility index (Phi) is 5.70. The van der Waals surface area contributed by atoms with Gasteiger partial charge in [0.1, 0.15) is 0 Å². The van der Waals surface area contributed by atoms with Gasteiger partial charge in [0.25, 0.3) is 0 Å². The molecule has 1 heterocycles. The van der Waals surface area contributed by atoms with Crippen molar-refractivity contribution in [1.82, 2.24) is 4.90 Å². The van der Waals surface area contributed by atoms with Crippen molar-refractivity contribution in [2.75, 3.05) is 31.3 Å². The molecule has 2 unspecified atom stereocenters. The molecule has 4 nitrogen and oxygen atoms in total. The second kappa shape index (κ2) is 6.36. The molecule has 0 radical (unpaired) electrons. The Labute approximate surface area is 109 Å². The molecule has 17 heavy (non-hydrogen) atoms. The molecule has 0 bridgehead atoms. The number of ether oxygens (including phenoxy) is 1. The monoisotopic (exact) mass is 283 g/mol. The van der Waals surface area contributed by atoms with E-state index in [9.17, 15) is 8.42 Å². The van der Waals surface area contributed by atoms with Gasteiger partial charge in [-0.1, -0.05) is 0 Å². The fraction of sp³-hybridized carbons (Fsp3) is 1.00. The second-order valence-corrected chi connectivity index (χ2v) is 7.88. The van der Waals surface area contributed by atoms with Gasteiger partial charge in [-0.2, -0.15) is 0 Å². The Morgan fingerprint density at radius 2 is 2.06 bits per heavy atom. The molecule has 1 aliphatic rings. The molecule has 1 rings (SSSR count). The van der Waals surface area contributed by atoms with Crippen LogP contribution in [0.4, 0.5) is 0 Å². The first-order chi connectivity index (χ1) is 7.85. The summed E-state index contributed by atoms with van der Waals surface area (Å²) in [7, 11) is -2.95. The van der Waals surface area contributed by atoms with Gasteiger partial charge in [0, 0.05) is 25.5 Å². The number of hydrogen-bond acceptors (Lipinski definition) is 4. The average molecular weight is 284 g/mol. The third kappa shape index (κ3) is 4.73. The van der Waals surface area contributed by atoms with E-state index in [1.54, 1.807) is 13.8 Å². The summed E-state index contributed by atoms with van der Waals surface area (Å²) in [5, 5.41) is -0.301. The molecule has 0 aromatic heterocycles. The minimum absolute atomic E-state index is 0.0159. The summed E-state index contributed by atoms with van der Waals surface area (Å²) in [5.74, 6) is 0.671. The first-order valence-corrected chi connectivity index (χ1v) is 8.25. The molecule has 2 atom stereocenters. The zero-order valence-electron chi connectivity index (χ0n) is 10.7. The van der Waals surface area contributed by atoms with E-state index >= 15 is 0 Å². The second-order valence-electron chi connectivity index (χ2n) is 4.90. The van der Waals surface area contributed by atoms with Gasteiger partial charge in [-0.15, -0.1) is 11.6 Å². The minimum atomic E-state index is -2.95. The molecule has 0 aliphatic carbocycles. The van der Waals surface area contributed by atoms with Crippen LogP contribution in [0, 0.1) is 0 Å². The first kappa shape index (κ1) is 15.2. The highest BCUT2D eigenvalue weighted by Gasteiger charge is 2.26. The number of morpholine rings is 1. The average Bonchev–Trinajstić information content (AvgIpc) is 2.25. The van der Waals surface area contributed by atoms with Crippen molar-refractivity contribution in [1.29, 1.82) is 0 Å². The summed E-state index contributed by atoms with van der Waals surface area (Å²) >= 11 is 5.78. The molecular formula is C11H22ClNO3S. The van der Waals surface area contributed by atoms with Crippen LogP contribution >= 0.6 is 11.6 Å². The Morgan fingerprint density at radius 3 is 2.59 bits per heavy atom. The number of alkyl halides is 1. The van der Waals surface area contributed by atoms with Crippen LogP contribution in [0.2, 0.25) is 0 Å². The predicted octanol–water partition coefficient (Wildman–Crippen LogP) is 1.14. The van der Waals surface area contributed by atoms with Crippen LogP contribution in [0.25, 0.3) is 0 Å². The molecule has 0 spiro atoms. The SMILES string of the molecule is CC1CN(CCS(=O)(=O)C(C)C)CC(CCl)O1. The highest BCUT2D eigenvalue weighted by Crippen LogP contribution is 2.13. The van der Waals surface area contributed by atoms with E-state index in [1.165, 1.54) is 0 Å². The Hall–Kier alpha value is 0.160. The lowest BCUT2D eigenvalue weighted by Gasteiger charge is -2.36. The van der Waals surface area contributed by atoms with Gasteiger partial charge in [-0.25, -0.2) is 8.42 Å². The van der Waals surface area contributed by atoms with E-state index in [0.29, 0.717) is 12.4 Å². The maximum atomic E-state index is 11.7. The smallest absolute Gasteiger partial charge is 0.153 e. The van der Waals surface area contributed by atoms with Crippen molar-refractivity contribution in [2.24, 2.45) is 0 Å². The van der Waals surface area contributed by atoms with E-state index in [2.05, 4.69) is 4.90 Å². The summed E-state index contributed by atoms with van der Waals surface area (Å²) in [6, 6.07) is 0. The van der Waals surface area contributed by atoms with Crippen LogP contribution in [-0.2, 0) is 14.6 Å². The van der Waals surface area contributed by atoms with Crippen LogP contribution < -0.4 is 0 Å². The molecule has 0 aromatic carbocycles. The highest BCUT2D eigenvalue weighted by molar-refractivity contribution is 7.92. The third-order valence-electron chi connectivity index (χ3n) is 2.98. The van der Waals surface area contributed by atoms with E-state index in [4.69, 9.17) is 16.3 Å². The van der Waals surface area contributed by atoms with E-state index in [0.717, 1.165) is 13.1 Å². The largest absolute Gasteiger partial charge is 0.371 e. The predicted molar refractivity (Wildman–Crippen MR) is 70.4 cm³/mol. The van der Waals surface area contributed by atoms with Crippen LogP contribution in [0.15, 0.2) is 0 Å². The molecule has 0 N–H and O–H groups in total. The molecule has 0 amide bonds. The normalized spacial score (nSPS) is 27.6. The summed E-state index contributed by atoms with van der Waals surface area (Å²) in [6.45, 7) is 7.50. The Bertz CT molecular complexity index is 332. The zero-order chi connectivity index (χ0) is 13.1. The highest BCUT2D eigenvalue weighted by atomic mass is 35.5. The van der Waals surface area contributed by atoms with Gasteiger partial charge in [0.2, 0.25) is 0 Å². The fourth-order valence-corrected chi connectivity index (χ4v) is 3.05. The number of hydrogen-bond donors (Lipinski definition) is 0. The standard InChI is InChI=1S/C11H22ClNO3S/c1-9(2)17(14,15)5-4-13-7-10(3)16-11(6-12)8-13/h9-11H,4-8H2,1-3H3. The van der Waals surface area contributed by atoms with Crippen molar-refractivity contribution < 1.29 is 13.2 Å². The van der Waals surface area contributed by atoms with E-state index < -0.39 is 9.84 Å². The Balaban J connectivity index is 2.46. The lowest BCUT2D eigenvalue weighted by molar-refractivity contribution is -0.0645. The topological polar surface area (TPSA) is 46.6 Å². The van der Waals surface area contributed by atoms with Crippen molar-refractivity contribution in [3.8, 4) is 0 Å². The zero-order valence-corrected chi connectivity index (χ0v) is 12.3. The van der Waals surface area contributed by atoms with Crippen molar-refractivity contribution in [2.45, 2.75) is 38.2 Å². The number of rotatable bonds is 5. The summed E-state index contributed by atoms with van der Waals surface area (Å²) < 4.78 is 29.1. The van der Waals surface area contributed by atoms with Crippen molar-refractivity contribution in [3.63, 3.8) is 0 Å². The minimum Gasteiger partial charge on any atom is -0.371 e. The lowest BCUT2D eigenvalue weighted by Crippen LogP contribution is -2.48. The van der Waals surface area contributed by atoms with E-state index in [-0.39, 0.29) is 23.2 Å². The fourth-order valence-electron chi connectivity index (χ4n) is 1.90. The van der Waals surface area contributed by atoms with Crippen molar-refractivity contribution >= 4 is 21.4 Å². The van der Waals surface area contributed by atoms with Gasteiger partial charge in [0.05, 0.1) is 23.2 Å². The number of sulfone groups is 1. The summed E-state index contributed by atoms with van der Waals surface area (Å²) in [5.41, 5.74) is 0. The summed E-state index contributed by atoms with van der Waals surface area (Å²) in [4.78, 5) is 2.13. The molecule has 0 aromatic rings. The molecule has 0 saturated carbocycles. The molecule has 1 aliphatic heterocycles. The maximum absolute atomic E-state index is 11.7. The molecule has 1 fully saturated rings. The quantitative estimate of drug-likeness (QED) is 0.710. The Morgan fingerprint density at radius 1 is 1.41 bits per heavy atom. The first-order valence-electron chi connectivity index (χ1n) is 6.00. The summed E-state index contributed by atoms with van der Waals surface area (Å²) in [6.07, 6.45) is 0.136. The van der Waals surface area contributed by atoms with Crippen LogP contribution in [0.1, 0.15) is 20.8 Å². The molecule has 1 saturated heterocycles. The lowest BCUT2D eigenvalue weighted by atomic mass is 10.2. The van der Waals surface area contributed by atoms with Gasteiger partial charge in [0.15, 0.2) is 9.84 Å². The molecule has 102 valence electrons. The van der Waals surface area contributed by atoms with Gasteiger partial charge >= 0.3 is 0 Å². The van der Waals surface area contributed by atoms with Crippen molar-refractivity contribution in [3.05, 3.63) is 0 Å². The van der Waals surface area contributed by atoms with E-state index in [1.807, 2.05) is 6.92 Å². The van der Waals surface area contributed by atoms with Gasteiger partial charge < -0.3 is 4.74 Å². The molecule has 6 heteroatoms. The van der Waals surface area contributed by atoms with Crippen LogP contribution in [-0.4, -0.2) is 62.0 Å². The van der Waals surface area contributed by atoms with Crippen LogP contribution in [0.3, 0.4) is 0 Å². The molecular weight excluding hydrogens is 262 g/mol. The third-order valence-corrected chi connectivity index (χ3v) is 5.52. The van der Waals surface area contributed by atoms with Gasteiger partial charge in [-0.05, 0) is 20.8 Å². The number of nitrogens with zero attached hydrogens (tertiary/aromatic N) is 1. The maximum Gasteiger partial charge on any atom is 0.153 e. The number of halogens is 1. The van der Waals surface area contributed by atoms with Gasteiger partial charge in [-0.3, -0.25) is 4.90 Å².